The van der Waals surface area contributed by atoms with Gasteiger partial charge in [-0.25, -0.2) is 0 Å². The Labute approximate surface area is 95.0 Å². The number of hydrogen-bond donors (Lipinski definition) is 1. The van der Waals surface area contributed by atoms with Crippen LogP contribution >= 0.6 is 0 Å². The molecule has 3 heteroatoms. The fourth-order valence-electron chi connectivity index (χ4n) is 1.86. The molecule has 1 aromatic carbocycles. The van der Waals surface area contributed by atoms with Gasteiger partial charge in [0, 0.05) is 12.0 Å². The fourth-order valence-corrected chi connectivity index (χ4v) is 1.86. The van der Waals surface area contributed by atoms with Gasteiger partial charge in [0.15, 0.2) is 5.78 Å². The van der Waals surface area contributed by atoms with Gasteiger partial charge < -0.3 is 9.84 Å². The lowest BCUT2D eigenvalue weighted by atomic mass is 9.90. The maximum Gasteiger partial charge on any atom is 0.159 e. The normalized spacial score (nSPS) is 22.1. The van der Waals surface area contributed by atoms with Crippen LogP contribution in [0.1, 0.15) is 36.7 Å². The zero-order valence-corrected chi connectivity index (χ0v) is 9.78. The average molecular weight is 220 g/mol. The topological polar surface area (TPSA) is 46.5 Å². The van der Waals surface area contributed by atoms with Crippen molar-refractivity contribution in [3.05, 3.63) is 29.3 Å². The number of ketones is 1. The first kappa shape index (κ1) is 11.1. The first-order valence-electron chi connectivity index (χ1n) is 5.41. The maximum atomic E-state index is 11.2. The summed E-state index contributed by atoms with van der Waals surface area (Å²) in [5.41, 5.74) is 0.999. The number of Topliss-reactive ketones (excluding diaryl/α,β-unsaturated/α-hetero) is 1. The third-order valence-electron chi connectivity index (χ3n) is 3.06. The van der Waals surface area contributed by atoms with Crippen LogP contribution in [-0.4, -0.2) is 22.6 Å². The average Bonchev–Trinajstić information content (AvgIpc) is 2.18. The van der Waals surface area contributed by atoms with Crippen LogP contribution < -0.4 is 4.74 Å². The number of rotatable bonds is 1. The summed E-state index contributed by atoms with van der Waals surface area (Å²) in [6.45, 7) is 5.25. The largest absolute Gasteiger partial charge is 0.485 e. The summed E-state index contributed by atoms with van der Waals surface area (Å²) in [6, 6.07) is 5.37. The molecule has 0 amide bonds. The van der Waals surface area contributed by atoms with Gasteiger partial charge in [0.25, 0.3) is 0 Å². The lowest BCUT2D eigenvalue weighted by molar-refractivity contribution is -0.0411. The van der Waals surface area contributed by atoms with E-state index in [0.29, 0.717) is 12.0 Å². The molecule has 3 nitrogen and oxygen atoms in total. The molecule has 0 fully saturated rings. The van der Waals surface area contributed by atoms with Gasteiger partial charge >= 0.3 is 0 Å². The minimum atomic E-state index is -0.565. The Kier molecular flexibility index (Phi) is 2.50. The number of aliphatic hydroxyl groups excluding tert-OH is 1. The smallest absolute Gasteiger partial charge is 0.159 e. The van der Waals surface area contributed by atoms with Crippen molar-refractivity contribution >= 4 is 5.78 Å². The highest BCUT2D eigenvalue weighted by molar-refractivity contribution is 5.94. The summed E-state index contributed by atoms with van der Waals surface area (Å²) in [5, 5.41) is 9.90. The highest BCUT2D eigenvalue weighted by atomic mass is 16.5. The second-order valence-corrected chi connectivity index (χ2v) is 4.80. The van der Waals surface area contributed by atoms with Crippen LogP contribution in [0.5, 0.6) is 5.75 Å². The lowest BCUT2D eigenvalue weighted by Crippen LogP contribution is -2.46. The van der Waals surface area contributed by atoms with Crippen LogP contribution in [0.15, 0.2) is 18.2 Å². The van der Waals surface area contributed by atoms with E-state index in [1.54, 1.807) is 18.2 Å². The Morgan fingerprint density at radius 2 is 2.19 bits per heavy atom. The van der Waals surface area contributed by atoms with E-state index in [-0.39, 0.29) is 5.78 Å². The number of carbonyl (C=O) groups excluding carboxylic acids is 1. The Bertz CT molecular complexity index is 435. The Morgan fingerprint density at radius 1 is 1.50 bits per heavy atom. The summed E-state index contributed by atoms with van der Waals surface area (Å²) >= 11 is 0. The summed E-state index contributed by atoms with van der Waals surface area (Å²) in [6.07, 6.45) is -0.00842. The van der Waals surface area contributed by atoms with Crippen LogP contribution in [0.2, 0.25) is 0 Å². The number of carbonyl (C=O) groups is 1. The third-order valence-corrected chi connectivity index (χ3v) is 3.06. The molecule has 2 rings (SSSR count). The molecule has 86 valence electrons. The molecule has 0 spiro atoms. The van der Waals surface area contributed by atoms with E-state index in [1.807, 2.05) is 13.8 Å². The lowest BCUT2D eigenvalue weighted by Gasteiger charge is -2.37. The van der Waals surface area contributed by atoms with Crippen molar-refractivity contribution < 1.29 is 14.6 Å². The second kappa shape index (κ2) is 3.59. The van der Waals surface area contributed by atoms with E-state index >= 15 is 0 Å². The van der Waals surface area contributed by atoms with Crippen LogP contribution in [0.3, 0.4) is 0 Å². The summed E-state index contributed by atoms with van der Waals surface area (Å²) in [4.78, 5) is 11.2. The predicted molar refractivity (Wildman–Crippen MR) is 60.9 cm³/mol. The molecule has 1 heterocycles. The maximum absolute atomic E-state index is 11.2. The number of fused-ring (bicyclic) bond motifs is 1. The van der Waals surface area contributed by atoms with Gasteiger partial charge in [-0.05, 0) is 44.5 Å². The summed E-state index contributed by atoms with van der Waals surface area (Å²) in [5.74, 6) is 0.794. The molecule has 0 radical (unpaired) electrons. The van der Waals surface area contributed by atoms with E-state index in [0.717, 1.165) is 11.3 Å². The monoisotopic (exact) mass is 220 g/mol. The van der Waals surface area contributed by atoms with Gasteiger partial charge in [0.05, 0.1) is 6.10 Å². The van der Waals surface area contributed by atoms with Crippen LogP contribution in [0.4, 0.5) is 0 Å². The van der Waals surface area contributed by atoms with Gasteiger partial charge in [-0.2, -0.15) is 0 Å². The Hall–Kier alpha value is -1.35. The van der Waals surface area contributed by atoms with Gasteiger partial charge in [-0.3, -0.25) is 4.79 Å². The Balaban J connectivity index is 2.40. The molecule has 16 heavy (non-hydrogen) atoms. The van der Waals surface area contributed by atoms with E-state index in [1.165, 1.54) is 6.92 Å². The van der Waals surface area contributed by atoms with Crippen molar-refractivity contribution in [1.82, 2.24) is 0 Å². The predicted octanol–water partition coefficient (Wildman–Crippen LogP) is 1.96. The first-order chi connectivity index (χ1) is 7.40. The minimum absolute atomic E-state index is 0.0297. The number of ether oxygens (including phenoxy) is 1. The molecule has 1 aromatic rings. The molecule has 0 aliphatic carbocycles. The number of benzene rings is 1. The first-order valence-corrected chi connectivity index (χ1v) is 5.41. The van der Waals surface area contributed by atoms with Crippen molar-refractivity contribution in [2.45, 2.75) is 38.9 Å². The summed E-state index contributed by atoms with van der Waals surface area (Å²) in [7, 11) is 0. The molecule has 0 unspecified atom stereocenters. The highest BCUT2D eigenvalue weighted by Crippen LogP contribution is 2.33. The third kappa shape index (κ3) is 1.83. The van der Waals surface area contributed by atoms with E-state index in [9.17, 15) is 9.90 Å². The van der Waals surface area contributed by atoms with E-state index in [2.05, 4.69) is 0 Å². The zero-order valence-electron chi connectivity index (χ0n) is 9.78. The standard InChI is InChI=1S/C13H16O3/c1-8(14)9-4-5-11-10(6-9)7-12(15)13(2,3)16-11/h4-6,12,15H,7H2,1-3H3/t12-/m1/s1. The number of hydrogen-bond acceptors (Lipinski definition) is 3. The number of aliphatic hydroxyl groups is 1. The fraction of sp³-hybridized carbons (Fsp3) is 0.462. The molecule has 1 atom stereocenters. The molecule has 1 aliphatic heterocycles. The second-order valence-electron chi connectivity index (χ2n) is 4.80. The Morgan fingerprint density at radius 3 is 2.81 bits per heavy atom. The molecule has 0 saturated carbocycles. The SMILES string of the molecule is CC(=O)c1ccc2c(c1)C[C@@H](O)C(C)(C)O2. The van der Waals surface area contributed by atoms with Crippen LogP contribution in [0, 0.1) is 0 Å². The quantitative estimate of drug-likeness (QED) is 0.736. The van der Waals surface area contributed by atoms with Crippen molar-refractivity contribution in [3.63, 3.8) is 0 Å². The van der Waals surface area contributed by atoms with Crippen molar-refractivity contribution in [1.29, 1.82) is 0 Å². The van der Waals surface area contributed by atoms with Crippen molar-refractivity contribution in [3.8, 4) is 5.75 Å². The van der Waals surface area contributed by atoms with Crippen LogP contribution in [0.25, 0.3) is 0 Å². The van der Waals surface area contributed by atoms with Gasteiger partial charge in [-0.15, -0.1) is 0 Å². The molecule has 0 saturated heterocycles. The van der Waals surface area contributed by atoms with E-state index in [4.69, 9.17) is 4.74 Å². The molecule has 1 N–H and O–H groups in total. The van der Waals surface area contributed by atoms with E-state index < -0.39 is 11.7 Å². The molecule has 1 aliphatic rings. The molecular weight excluding hydrogens is 204 g/mol. The molecule has 0 bridgehead atoms. The van der Waals surface area contributed by atoms with Gasteiger partial charge in [0.1, 0.15) is 11.4 Å². The highest BCUT2D eigenvalue weighted by Gasteiger charge is 2.35. The van der Waals surface area contributed by atoms with Gasteiger partial charge in [0.2, 0.25) is 0 Å². The van der Waals surface area contributed by atoms with Gasteiger partial charge in [-0.1, -0.05) is 0 Å². The van der Waals surface area contributed by atoms with Crippen molar-refractivity contribution in [2.75, 3.05) is 0 Å². The zero-order chi connectivity index (χ0) is 11.9. The van der Waals surface area contributed by atoms with Crippen LogP contribution in [-0.2, 0) is 6.42 Å². The molecular formula is C13H16O3. The summed E-state index contributed by atoms with van der Waals surface area (Å²) < 4.78 is 5.70. The van der Waals surface area contributed by atoms with Crippen molar-refractivity contribution in [2.24, 2.45) is 0 Å². The molecule has 0 aromatic heterocycles. The minimum Gasteiger partial charge on any atom is -0.485 e.